The van der Waals surface area contributed by atoms with Crippen LogP contribution in [0, 0.1) is 6.92 Å². The van der Waals surface area contributed by atoms with E-state index in [2.05, 4.69) is 4.98 Å². The third-order valence-electron chi connectivity index (χ3n) is 2.00. The Bertz CT molecular complexity index is 451. The molecule has 0 radical (unpaired) electrons. The standard InChI is InChI=1S/C8H8F2N2OS/c1-4-5(6(13)7(9)10)12-2-3-14-8(12)11-4/h2-3,6-7,13H,1H3. The van der Waals surface area contributed by atoms with E-state index in [0.717, 1.165) is 0 Å². The lowest BCUT2D eigenvalue weighted by Gasteiger charge is -2.08. The molecule has 1 N–H and O–H groups in total. The molecule has 0 bridgehead atoms. The number of rotatable bonds is 2. The first kappa shape index (κ1) is 9.54. The molecule has 2 aromatic rings. The molecule has 0 aromatic carbocycles. The number of aryl methyl sites for hydroxylation is 1. The van der Waals surface area contributed by atoms with Gasteiger partial charge in [-0.1, -0.05) is 0 Å². The highest BCUT2D eigenvalue weighted by Gasteiger charge is 2.25. The van der Waals surface area contributed by atoms with Crippen molar-refractivity contribution in [3.63, 3.8) is 0 Å². The lowest BCUT2D eigenvalue weighted by atomic mass is 10.2. The summed E-state index contributed by atoms with van der Waals surface area (Å²) < 4.78 is 26.1. The molecule has 0 aliphatic rings. The quantitative estimate of drug-likeness (QED) is 0.837. The minimum atomic E-state index is -2.78. The SMILES string of the molecule is Cc1nc2sccn2c1C(O)C(F)F. The number of imidazole rings is 1. The van der Waals surface area contributed by atoms with Gasteiger partial charge < -0.3 is 5.11 Å². The first-order chi connectivity index (χ1) is 6.61. The Kier molecular flexibility index (Phi) is 2.24. The summed E-state index contributed by atoms with van der Waals surface area (Å²) in [6.07, 6.45) is -2.92. The molecule has 0 saturated carbocycles. The van der Waals surface area contributed by atoms with Gasteiger partial charge in [0.05, 0.1) is 11.4 Å². The molecule has 2 heterocycles. The summed E-state index contributed by atoms with van der Waals surface area (Å²) in [4.78, 5) is 4.69. The summed E-state index contributed by atoms with van der Waals surface area (Å²) in [7, 11) is 0. The molecule has 0 saturated heterocycles. The monoisotopic (exact) mass is 218 g/mol. The lowest BCUT2D eigenvalue weighted by Crippen LogP contribution is -2.11. The maximum absolute atomic E-state index is 12.3. The number of fused-ring (bicyclic) bond motifs is 1. The van der Waals surface area contributed by atoms with Gasteiger partial charge in [0.1, 0.15) is 0 Å². The summed E-state index contributed by atoms with van der Waals surface area (Å²) >= 11 is 1.35. The molecule has 0 fully saturated rings. The highest BCUT2D eigenvalue weighted by atomic mass is 32.1. The fourth-order valence-corrected chi connectivity index (χ4v) is 2.15. The minimum absolute atomic E-state index is 0.177. The number of alkyl halides is 2. The zero-order valence-corrected chi connectivity index (χ0v) is 8.13. The van der Waals surface area contributed by atoms with Crippen LogP contribution in [0.4, 0.5) is 8.78 Å². The second-order valence-electron chi connectivity index (χ2n) is 2.92. The van der Waals surface area contributed by atoms with E-state index in [1.165, 1.54) is 15.7 Å². The molecular weight excluding hydrogens is 210 g/mol. The Morgan fingerprint density at radius 2 is 2.29 bits per heavy atom. The first-order valence-electron chi connectivity index (χ1n) is 3.99. The Morgan fingerprint density at radius 1 is 1.57 bits per heavy atom. The topological polar surface area (TPSA) is 37.5 Å². The Hall–Kier alpha value is -1.01. The zero-order chi connectivity index (χ0) is 10.3. The van der Waals surface area contributed by atoms with Gasteiger partial charge in [-0.2, -0.15) is 0 Å². The van der Waals surface area contributed by atoms with Gasteiger partial charge in [0.2, 0.25) is 0 Å². The van der Waals surface area contributed by atoms with Gasteiger partial charge in [-0.05, 0) is 6.92 Å². The van der Waals surface area contributed by atoms with Crippen molar-refractivity contribution in [3.05, 3.63) is 23.0 Å². The van der Waals surface area contributed by atoms with E-state index in [4.69, 9.17) is 0 Å². The fourth-order valence-electron chi connectivity index (χ4n) is 1.39. The second kappa shape index (κ2) is 3.29. The van der Waals surface area contributed by atoms with Gasteiger partial charge in [0.15, 0.2) is 11.1 Å². The molecule has 1 atom stereocenters. The lowest BCUT2D eigenvalue weighted by molar-refractivity contribution is -0.00902. The molecule has 1 unspecified atom stereocenters. The van der Waals surface area contributed by atoms with Crippen molar-refractivity contribution >= 4 is 16.3 Å². The van der Waals surface area contributed by atoms with Crippen LogP contribution in [0.2, 0.25) is 0 Å². The Morgan fingerprint density at radius 3 is 2.93 bits per heavy atom. The molecule has 76 valence electrons. The molecule has 0 amide bonds. The van der Waals surface area contributed by atoms with E-state index < -0.39 is 12.5 Å². The fraction of sp³-hybridized carbons (Fsp3) is 0.375. The predicted molar refractivity (Wildman–Crippen MR) is 48.8 cm³/mol. The van der Waals surface area contributed by atoms with Crippen LogP contribution in [0.25, 0.3) is 4.96 Å². The van der Waals surface area contributed by atoms with Gasteiger partial charge in [0.25, 0.3) is 6.43 Å². The van der Waals surface area contributed by atoms with E-state index in [1.54, 1.807) is 18.5 Å². The van der Waals surface area contributed by atoms with Crippen LogP contribution in [-0.4, -0.2) is 20.9 Å². The average Bonchev–Trinajstić information content (AvgIpc) is 2.62. The molecule has 0 aliphatic heterocycles. The van der Waals surface area contributed by atoms with Crippen molar-refractivity contribution in [2.75, 3.05) is 0 Å². The number of thiazole rings is 1. The van der Waals surface area contributed by atoms with E-state index in [9.17, 15) is 13.9 Å². The number of aliphatic hydroxyl groups is 1. The van der Waals surface area contributed by atoms with E-state index >= 15 is 0 Å². The number of aromatic nitrogens is 2. The largest absolute Gasteiger partial charge is 0.381 e. The van der Waals surface area contributed by atoms with Gasteiger partial charge in [0, 0.05) is 11.6 Å². The molecule has 0 spiro atoms. The van der Waals surface area contributed by atoms with Gasteiger partial charge in [-0.15, -0.1) is 11.3 Å². The maximum Gasteiger partial charge on any atom is 0.269 e. The Balaban J connectivity index is 2.58. The number of hydrogen-bond acceptors (Lipinski definition) is 3. The summed E-state index contributed by atoms with van der Waals surface area (Å²) in [5.74, 6) is 0. The van der Waals surface area contributed by atoms with Gasteiger partial charge >= 0.3 is 0 Å². The van der Waals surface area contributed by atoms with Crippen molar-refractivity contribution < 1.29 is 13.9 Å². The van der Waals surface area contributed by atoms with Gasteiger partial charge in [-0.25, -0.2) is 13.8 Å². The van der Waals surface area contributed by atoms with Gasteiger partial charge in [-0.3, -0.25) is 4.40 Å². The molecule has 0 aliphatic carbocycles. The normalized spacial score (nSPS) is 14.1. The van der Waals surface area contributed by atoms with Crippen LogP contribution in [0.5, 0.6) is 0 Å². The summed E-state index contributed by atoms with van der Waals surface area (Å²) in [5.41, 5.74) is 0.626. The Labute approximate surface area is 82.6 Å². The van der Waals surface area contributed by atoms with Crippen LogP contribution >= 0.6 is 11.3 Å². The smallest absolute Gasteiger partial charge is 0.269 e. The van der Waals surface area contributed by atoms with Crippen LogP contribution in [0.15, 0.2) is 11.6 Å². The van der Waals surface area contributed by atoms with Crippen molar-refractivity contribution in [2.45, 2.75) is 19.5 Å². The molecule has 2 aromatic heterocycles. The second-order valence-corrected chi connectivity index (χ2v) is 3.79. The van der Waals surface area contributed by atoms with Crippen molar-refractivity contribution in [2.24, 2.45) is 0 Å². The van der Waals surface area contributed by atoms with E-state index in [0.29, 0.717) is 10.7 Å². The number of aliphatic hydroxyl groups excluding tert-OH is 1. The van der Waals surface area contributed by atoms with Crippen molar-refractivity contribution in [1.29, 1.82) is 0 Å². The predicted octanol–water partition coefficient (Wildman–Crippen LogP) is 2.00. The molecule has 6 heteroatoms. The molecule has 3 nitrogen and oxygen atoms in total. The highest BCUT2D eigenvalue weighted by Crippen LogP contribution is 2.26. The third-order valence-corrected chi connectivity index (χ3v) is 2.76. The van der Waals surface area contributed by atoms with Crippen LogP contribution in [0.1, 0.15) is 17.5 Å². The molecule has 2 rings (SSSR count). The molecular formula is C8H8F2N2OS. The highest BCUT2D eigenvalue weighted by molar-refractivity contribution is 7.15. The van der Waals surface area contributed by atoms with Crippen LogP contribution in [-0.2, 0) is 0 Å². The van der Waals surface area contributed by atoms with E-state index in [-0.39, 0.29) is 5.69 Å². The van der Waals surface area contributed by atoms with Crippen molar-refractivity contribution in [1.82, 2.24) is 9.38 Å². The number of hydrogen-bond donors (Lipinski definition) is 1. The first-order valence-corrected chi connectivity index (χ1v) is 4.87. The number of nitrogens with zero attached hydrogens (tertiary/aromatic N) is 2. The summed E-state index contributed by atoms with van der Waals surface area (Å²) in [6.45, 7) is 1.61. The van der Waals surface area contributed by atoms with Crippen LogP contribution < -0.4 is 0 Å². The van der Waals surface area contributed by atoms with E-state index in [1.807, 2.05) is 0 Å². The summed E-state index contributed by atoms with van der Waals surface area (Å²) in [6, 6.07) is 0. The van der Waals surface area contributed by atoms with Crippen LogP contribution in [0.3, 0.4) is 0 Å². The van der Waals surface area contributed by atoms with Crippen molar-refractivity contribution in [3.8, 4) is 0 Å². The average molecular weight is 218 g/mol. The zero-order valence-electron chi connectivity index (χ0n) is 7.32. The third kappa shape index (κ3) is 1.31. The maximum atomic E-state index is 12.3. The molecule has 14 heavy (non-hydrogen) atoms. The number of halogens is 2. The summed E-state index contributed by atoms with van der Waals surface area (Å²) in [5, 5.41) is 11.0. The minimum Gasteiger partial charge on any atom is -0.381 e.